The second-order valence-electron chi connectivity index (χ2n) is 4.79. The van der Waals surface area contributed by atoms with Crippen LogP contribution in [0.1, 0.15) is 0 Å². The van der Waals surface area contributed by atoms with Gasteiger partial charge in [-0.15, -0.1) is 0 Å². The quantitative estimate of drug-likeness (QED) is 0.265. The molecule has 12 heteroatoms. The molecule has 2 aromatic carbocycles. The summed E-state index contributed by atoms with van der Waals surface area (Å²) in [4.78, 5) is 32.3. The molecule has 0 unspecified atom stereocenters. The molecule has 2 N–H and O–H groups in total. The van der Waals surface area contributed by atoms with Crippen molar-refractivity contribution in [2.75, 3.05) is 10.6 Å². The van der Waals surface area contributed by atoms with Crippen LogP contribution in [0.25, 0.3) is 0 Å². The Labute approximate surface area is 186 Å². The summed E-state index contributed by atoms with van der Waals surface area (Å²) in [5.41, 5.74) is 0.958. The van der Waals surface area contributed by atoms with Crippen molar-refractivity contribution < 1.29 is 19.3 Å². The molecule has 0 radical (unpaired) electrons. The summed E-state index contributed by atoms with van der Waals surface area (Å²) >= 11 is 18.0. The summed E-state index contributed by atoms with van der Waals surface area (Å²) in [5.74, 6) is 0. The van der Waals surface area contributed by atoms with Crippen LogP contribution in [-0.4, -0.2) is 22.5 Å². The van der Waals surface area contributed by atoms with E-state index < -0.39 is 22.5 Å². The van der Waals surface area contributed by atoms with E-state index in [1.165, 1.54) is 0 Å². The van der Waals surface area contributed by atoms with Gasteiger partial charge in [0.05, 0.1) is 0 Å². The number of halogens is 4. The van der Waals surface area contributed by atoms with Crippen LogP contribution in [-0.2, 0) is 9.68 Å². The van der Waals surface area contributed by atoms with Crippen molar-refractivity contribution in [3.63, 3.8) is 0 Å². The number of hydrogen-bond donors (Lipinski definition) is 2. The average Bonchev–Trinajstić information content (AvgIpc) is 2.67. The third-order valence-electron chi connectivity index (χ3n) is 2.77. The van der Waals surface area contributed by atoms with Gasteiger partial charge in [-0.3, -0.25) is 20.3 Å². The SMILES string of the molecule is O=C(Nc1ccc(Br)cc1)O/N=C(Cl)/C(Cl)=N/OC(=O)Nc1ccc(Br)cc1. The predicted octanol–water partition coefficient (Wildman–Crippen LogP) is 6.11. The fourth-order valence-electron chi connectivity index (χ4n) is 1.59. The number of oxime groups is 2. The number of nitrogens with one attached hydrogen (secondary N) is 2. The Bertz CT molecular complexity index is 830. The van der Waals surface area contributed by atoms with Gasteiger partial charge in [0.2, 0.25) is 10.3 Å². The van der Waals surface area contributed by atoms with Gasteiger partial charge < -0.3 is 0 Å². The first-order valence-electron chi connectivity index (χ1n) is 7.28. The van der Waals surface area contributed by atoms with Gasteiger partial charge in [0.25, 0.3) is 0 Å². The van der Waals surface area contributed by atoms with Crippen molar-refractivity contribution in [1.82, 2.24) is 0 Å². The molecular formula is C16H10Br2Cl2N4O4. The highest BCUT2D eigenvalue weighted by atomic mass is 79.9. The summed E-state index contributed by atoms with van der Waals surface area (Å²) < 4.78 is 1.69. The molecule has 2 rings (SSSR count). The topological polar surface area (TPSA) is 101 Å². The van der Waals surface area contributed by atoms with E-state index in [1.807, 2.05) is 0 Å². The molecule has 2 amide bonds. The van der Waals surface area contributed by atoms with Crippen LogP contribution in [0, 0.1) is 0 Å². The number of carbonyl (C=O) groups is 2. The molecule has 0 aliphatic rings. The number of amides is 2. The Morgan fingerprint density at radius 3 is 1.36 bits per heavy atom. The second-order valence-corrected chi connectivity index (χ2v) is 7.33. The molecule has 146 valence electrons. The van der Waals surface area contributed by atoms with Crippen molar-refractivity contribution in [3.05, 3.63) is 57.5 Å². The van der Waals surface area contributed by atoms with Gasteiger partial charge in [0.1, 0.15) is 0 Å². The molecule has 8 nitrogen and oxygen atoms in total. The van der Waals surface area contributed by atoms with Gasteiger partial charge in [-0.1, -0.05) is 65.4 Å². The Kier molecular flexibility index (Phi) is 8.71. The molecule has 0 heterocycles. The summed E-state index contributed by atoms with van der Waals surface area (Å²) in [6, 6.07) is 13.5. The fourth-order valence-corrected chi connectivity index (χ4v) is 2.25. The van der Waals surface area contributed by atoms with E-state index >= 15 is 0 Å². The van der Waals surface area contributed by atoms with Gasteiger partial charge in [-0.2, -0.15) is 0 Å². The highest BCUT2D eigenvalue weighted by molar-refractivity contribution is 9.10. The maximum Gasteiger partial charge on any atom is 0.437 e. The van der Waals surface area contributed by atoms with E-state index in [0.29, 0.717) is 11.4 Å². The highest BCUT2D eigenvalue weighted by Gasteiger charge is 2.10. The summed E-state index contributed by atoms with van der Waals surface area (Å²) in [6.45, 7) is 0. The zero-order chi connectivity index (χ0) is 20.5. The van der Waals surface area contributed by atoms with E-state index in [4.69, 9.17) is 23.2 Å². The first-order chi connectivity index (χ1) is 13.3. The minimum Gasteiger partial charge on any atom is -0.296 e. The summed E-state index contributed by atoms with van der Waals surface area (Å²) in [7, 11) is 0. The van der Waals surface area contributed by atoms with Crippen LogP contribution in [0.5, 0.6) is 0 Å². The van der Waals surface area contributed by atoms with Gasteiger partial charge >= 0.3 is 12.2 Å². The van der Waals surface area contributed by atoms with Crippen molar-refractivity contribution in [3.8, 4) is 0 Å². The lowest BCUT2D eigenvalue weighted by atomic mass is 10.3. The molecule has 0 atom stereocenters. The smallest absolute Gasteiger partial charge is 0.296 e. The van der Waals surface area contributed by atoms with Crippen molar-refractivity contribution in [2.45, 2.75) is 0 Å². The van der Waals surface area contributed by atoms with E-state index in [9.17, 15) is 9.59 Å². The Hall–Kier alpha value is -2.14. The third kappa shape index (κ3) is 7.85. The van der Waals surface area contributed by atoms with Crippen LogP contribution < -0.4 is 10.6 Å². The molecule has 0 aromatic heterocycles. The Morgan fingerprint density at radius 2 is 1.04 bits per heavy atom. The van der Waals surface area contributed by atoms with Gasteiger partial charge in [0.15, 0.2) is 0 Å². The standard InChI is InChI=1S/C16H10Br2Cl2N4O4/c17-9-1-5-11(6-2-9)21-15(25)27-23-13(19)14(20)24-28-16(26)22-12-7-3-10(18)4-8-12/h1-8H,(H,21,25)(H,22,26)/b23-13-,24-14-. The molecule has 2 aromatic rings. The molecule has 0 fully saturated rings. The first-order valence-corrected chi connectivity index (χ1v) is 9.62. The van der Waals surface area contributed by atoms with Crippen molar-refractivity contribution >= 4 is 89.0 Å². The maximum absolute atomic E-state index is 11.6. The van der Waals surface area contributed by atoms with E-state index in [2.05, 4.69) is 62.5 Å². The van der Waals surface area contributed by atoms with Crippen LogP contribution in [0.3, 0.4) is 0 Å². The van der Waals surface area contributed by atoms with Crippen LogP contribution >= 0.6 is 55.1 Å². The van der Waals surface area contributed by atoms with Crippen molar-refractivity contribution in [2.24, 2.45) is 10.3 Å². The van der Waals surface area contributed by atoms with Crippen LogP contribution in [0.4, 0.5) is 21.0 Å². The Morgan fingerprint density at radius 1 is 0.714 bits per heavy atom. The number of benzene rings is 2. The largest absolute Gasteiger partial charge is 0.437 e. The normalized spacial score (nSPS) is 11.6. The van der Waals surface area contributed by atoms with Gasteiger partial charge in [-0.25, -0.2) is 9.59 Å². The average molecular weight is 553 g/mol. The van der Waals surface area contributed by atoms with Gasteiger partial charge in [-0.05, 0) is 48.5 Å². The molecule has 28 heavy (non-hydrogen) atoms. The highest BCUT2D eigenvalue weighted by Crippen LogP contribution is 2.15. The summed E-state index contributed by atoms with van der Waals surface area (Å²) in [5, 5.41) is 10.4. The molecule has 0 saturated carbocycles. The lowest BCUT2D eigenvalue weighted by molar-refractivity contribution is 0.165. The van der Waals surface area contributed by atoms with Gasteiger partial charge in [0, 0.05) is 20.3 Å². The number of carbonyl (C=O) groups excluding carboxylic acids is 2. The Balaban J connectivity index is 1.83. The number of nitrogens with zero attached hydrogens (tertiary/aromatic N) is 2. The van der Waals surface area contributed by atoms with E-state index in [1.54, 1.807) is 48.5 Å². The number of hydrogen-bond acceptors (Lipinski definition) is 6. The lowest BCUT2D eigenvalue weighted by Gasteiger charge is -2.03. The van der Waals surface area contributed by atoms with E-state index in [0.717, 1.165) is 8.95 Å². The molecular weight excluding hydrogens is 543 g/mol. The fraction of sp³-hybridized carbons (Fsp3) is 0. The lowest BCUT2D eigenvalue weighted by Crippen LogP contribution is -2.14. The predicted molar refractivity (Wildman–Crippen MR) is 115 cm³/mol. The summed E-state index contributed by atoms with van der Waals surface area (Å²) in [6.07, 6.45) is -1.81. The van der Waals surface area contributed by atoms with Crippen LogP contribution in [0.15, 0.2) is 67.8 Å². The second kappa shape index (κ2) is 11.0. The van der Waals surface area contributed by atoms with Crippen LogP contribution in [0.2, 0.25) is 0 Å². The molecule has 0 saturated heterocycles. The third-order valence-corrected chi connectivity index (χ3v) is 4.42. The minimum atomic E-state index is -0.904. The van der Waals surface area contributed by atoms with Crippen molar-refractivity contribution in [1.29, 1.82) is 0 Å². The zero-order valence-corrected chi connectivity index (χ0v) is 18.3. The number of anilines is 2. The number of rotatable bonds is 5. The zero-order valence-electron chi connectivity index (χ0n) is 13.7. The molecule has 0 aliphatic carbocycles. The molecule has 0 aliphatic heterocycles. The van der Waals surface area contributed by atoms with E-state index in [-0.39, 0.29) is 0 Å². The maximum atomic E-state index is 11.6. The molecule has 0 bridgehead atoms. The monoisotopic (exact) mass is 550 g/mol. The first kappa shape index (κ1) is 22.2. The minimum absolute atomic E-state index is 0.479. The molecule has 0 spiro atoms.